The van der Waals surface area contributed by atoms with Gasteiger partial charge in [0.2, 0.25) is 5.91 Å². The van der Waals surface area contributed by atoms with Gasteiger partial charge in [0, 0.05) is 5.56 Å². The van der Waals surface area contributed by atoms with Crippen LogP contribution in [0.5, 0.6) is 0 Å². The molecular weight excluding hydrogens is 396 g/mol. The van der Waals surface area contributed by atoms with Crippen LogP contribution in [-0.4, -0.2) is 35.0 Å². The summed E-state index contributed by atoms with van der Waals surface area (Å²) in [7, 11) is 0. The van der Waals surface area contributed by atoms with E-state index in [0.717, 1.165) is 5.69 Å². The standard InChI is InChI=1S/C23H28N4O4/c1-14(2)19(22(29)25-20(15(3)4)23(30)31)24-21(28)16-10-12-18(13-11-16)27-26-17-8-6-5-7-9-17/h5-15,19-20H,1-4H3,(H,24,28)(H,25,29)(H,30,31)/t19-,20-/m0/s1. The number of carbonyl (C=O) groups is 3. The van der Waals surface area contributed by atoms with Gasteiger partial charge in [0.15, 0.2) is 0 Å². The number of carboxylic acid groups (broad SMARTS) is 1. The molecule has 0 radical (unpaired) electrons. The van der Waals surface area contributed by atoms with E-state index in [1.807, 2.05) is 30.3 Å². The summed E-state index contributed by atoms with van der Waals surface area (Å²) in [6, 6.07) is 13.9. The smallest absolute Gasteiger partial charge is 0.326 e. The molecule has 2 amide bonds. The normalized spacial score (nSPS) is 13.2. The van der Waals surface area contributed by atoms with E-state index >= 15 is 0 Å². The zero-order valence-corrected chi connectivity index (χ0v) is 18.1. The molecule has 0 fully saturated rings. The van der Waals surface area contributed by atoms with E-state index < -0.39 is 29.9 Å². The Labute approximate surface area is 181 Å². The van der Waals surface area contributed by atoms with Crippen molar-refractivity contribution in [2.45, 2.75) is 39.8 Å². The first-order valence-corrected chi connectivity index (χ1v) is 10.1. The second-order valence-electron chi connectivity index (χ2n) is 7.85. The lowest BCUT2D eigenvalue weighted by molar-refractivity contribution is -0.143. The summed E-state index contributed by atoms with van der Waals surface area (Å²) in [5.74, 6) is -2.60. The minimum absolute atomic E-state index is 0.232. The highest BCUT2D eigenvalue weighted by Crippen LogP contribution is 2.18. The molecular formula is C23H28N4O4. The van der Waals surface area contributed by atoms with Gasteiger partial charge >= 0.3 is 5.97 Å². The van der Waals surface area contributed by atoms with Crippen LogP contribution in [0.4, 0.5) is 11.4 Å². The van der Waals surface area contributed by atoms with Gasteiger partial charge < -0.3 is 15.7 Å². The van der Waals surface area contributed by atoms with Gasteiger partial charge in [-0.25, -0.2) is 4.79 Å². The number of azo groups is 1. The summed E-state index contributed by atoms with van der Waals surface area (Å²) < 4.78 is 0. The lowest BCUT2D eigenvalue weighted by atomic mass is 10.00. The summed E-state index contributed by atoms with van der Waals surface area (Å²) in [6.07, 6.45) is 0. The van der Waals surface area contributed by atoms with Crippen molar-refractivity contribution < 1.29 is 19.5 Å². The number of carboxylic acids is 1. The Balaban J connectivity index is 2.06. The predicted octanol–water partition coefficient (Wildman–Crippen LogP) is 4.08. The van der Waals surface area contributed by atoms with Crippen molar-refractivity contribution >= 4 is 29.2 Å². The molecule has 0 saturated carbocycles. The summed E-state index contributed by atoms with van der Waals surface area (Å²) in [5, 5.41) is 22.8. The third-order valence-corrected chi connectivity index (χ3v) is 4.63. The fraction of sp³-hybridized carbons (Fsp3) is 0.348. The molecule has 8 heteroatoms. The van der Waals surface area contributed by atoms with Crippen molar-refractivity contribution in [1.29, 1.82) is 0 Å². The Morgan fingerprint density at radius 1 is 0.742 bits per heavy atom. The maximum Gasteiger partial charge on any atom is 0.326 e. The fourth-order valence-corrected chi connectivity index (χ4v) is 2.81. The Bertz CT molecular complexity index is 924. The van der Waals surface area contributed by atoms with E-state index in [1.54, 1.807) is 52.0 Å². The first-order valence-electron chi connectivity index (χ1n) is 10.1. The van der Waals surface area contributed by atoms with Gasteiger partial charge in [-0.1, -0.05) is 45.9 Å². The number of amides is 2. The predicted molar refractivity (Wildman–Crippen MR) is 118 cm³/mol. The molecule has 0 aliphatic rings. The summed E-state index contributed by atoms with van der Waals surface area (Å²) in [4.78, 5) is 36.6. The highest BCUT2D eigenvalue weighted by Gasteiger charge is 2.30. The van der Waals surface area contributed by atoms with Gasteiger partial charge in [0.25, 0.3) is 5.91 Å². The van der Waals surface area contributed by atoms with E-state index in [4.69, 9.17) is 0 Å². The molecule has 0 aliphatic heterocycles. The van der Waals surface area contributed by atoms with Crippen molar-refractivity contribution in [2.24, 2.45) is 22.1 Å². The molecule has 2 aromatic carbocycles. The summed E-state index contributed by atoms with van der Waals surface area (Å²) in [6.45, 7) is 6.98. The number of nitrogens with one attached hydrogen (secondary N) is 2. The van der Waals surface area contributed by atoms with Crippen LogP contribution < -0.4 is 10.6 Å². The number of aliphatic carboxylic acids is 1. The number of hydrogen-bond donors (Lipinski definition) is 3. The summed E-state index contributed by atoms with van der Waals surface area (Å²) in [5.41, 5.74) is 1.66. The average Bonchev–Trinajstić information content (AvgIpc) is 2.74. The molecule has 164 valence electrons. The van der Waals surface area contributed by atoms with Crippen LogP contribution in [0.3, 0.4) is 0 Å². The minimum atomic E-state index is -1.11. The quantitative estimate of drug-likeness (QED) is 0.525. The average molecular weight is 425 g/mol. The molecule has 0 aliphatic carbocycles. The van der Waals surface area contributed by atoms with Gasteiger partial charge in [0.05, 0.1) is 11.4 Å². The summed E-state index contributed by atoms with van der Waals surface area (Å²) >= 11 is 0. The van der Waals surface area contributed by atoms with E-state index in [-0.39, 0.29) is 11.8 Å². The molecule has 2 atom stereocenters. The molecule has 0 aromatic heterocycles. The van der Waals surface area contributed by atoms with E-state index in [0.29, 0.717) is 11.3 Å². The molecule has 2 aromatic rings. The Hall–Kier alpha value is -3.55. The SMILES string of the molecule is CC(C)[C@H](NC(=O)[C@@H](NC(=O)c1ccc(N=Nc2ccccc2)cc1)C(C)C)C(=O)O. The second-order valence-corrected chi connectivity index (χ2v) is 7.85. The van der Waals surface area contributed by atoms with E-state index in [9.17, 15) is 19.5 Å². The topological polar surface area (TPSA) is 120 Å². The van der Waals surface area contributed by atoms with Crippen molar-refractivity contribution in [3.8, 4) is 0 Å². The molecule has 31 heavy (non-hydrogen) atoms. The van der Waals surface area contributed by atoms with Gasteiger partial charge in [0.1, 0.15) is 12.1 Å². The van der Waals surface area contributed by atoms with Gasteiger partial charge in [-0.3, -0.25) is 9.59 Å². The third kappa shape index (κ3) is 7.02. The van der Waals surface area contributed by atoms with Gasteiger partial charge in [-0.2, -0.15) is 10.2 Å². The molecule has 8 nitrogen and oxygen atoms in total. The third-order valence-electron chi connectivity index (χ3n) is 4.63. The maximum absolute atomic E-state index is 12.6. The largest absolute Gasteiger partial charge is 0.480 e. The highest BCUT2D eigenvalue weighted by molar-refractivity contribution is 5.98. The Morgan fingerprint density at radius 2 is 1.26 bits per heavy atom. The number of carbonyl (C=O) groups excluding carboxylic acids is 2. The van der Waals surface area contributed by atoms with E-state index in [1.165, 1.54) is 0 Å². The van der Waals surface area contributed by atoms with Crippen LogP contribution >= 0.6 is 0 Å². The number of hydrogen-bond acceptors (Lipinski definition) is 5. The Kier molecular flexibility index (Phi) is 8.43. The van der Waals surface area contributed by atoms with Crippen LogP contribution in [0, 0.1) is 11.8 Å². The fourth-order valence-electron chi connectivity index (χ4n) is 2.81. The van der Waals surface area contributed by atoms with Crippen LogP contribution in [0.25, 0.3) is 0 Å². The number of rotatable bonds is 9. The zero-order chi connectivity index (χ0) is 23.0. The molecule has 0 heterocycles. The van der Waals surface area contributed by atoms with Crippen molar-refractivity contribution in [3.05, 3.63) is 60.2 Å². The molecule has 3 N–H and O–H groups in total. The highest BCUT2D eigenvalue weighted by atomic mass is 16.4. The van der Waals surface area contributed by atoms with Crippen LogP contribution in [0.2, 0.25) is 0 Å². The molecule has 0 spiro atoms. The van der Waals surface area contributed by atoms with Crippen molar-refractivity contribution in [3.63, 3.8) is 0 Å². The first kappa shape index (κ1) is 23.7. The molecule has 2 rings (SSSR count). The van der Waals surface area contributed by atoms with Crippen molar-refractivity contribution in [1.82, 2.24) is 10.6 Å². The van der Waals surface area contributed by atoms with Crippen LogP contribution in [0.15, 0.2) is 64.8 Å². The molecule has 0 unspecified atom stereocenters. The second kappa shape index (κ2) is 11.0. The van der Waals surface area contributed by atoms with Crippen LogP contribution in [-0.2, 0) is 9.59 Å². The lowest BCUT2D eigenvalue weighted by Gasteiger charge is -2.25. The number of benzene rings is 2. The van der Waals surface area contributed by atoms with Crippen LogP contribution in [0.1, 0.15) is 38.1 Å². The minimum Gasteiger partial charge on any atom is -0.480 e. The zero-order valence-electron chi connectivity index (χ0n) is 18.1. The van der Waals surface area contributed by atoms with Gasteiger partial charge in [-0.15, -0.1) is 0 Å². The van der Waals surface area contributed by atoms with Gasteiger partial charge in [-0.05, 0) is 48.2 Å². The number of nitrogens with zero attached hydrogens (tertiary/aromatic N) is 2. The van der Waals surface area contributed by atoms with Crippen molar-refractivity contribution in [2.75, 3.05) is 0 Å². The monoisotopic (exact) mass is 424 g/mol. The maximum atomic E-state index is 12.6. The van der Waals surface area contributed by atoms with E-state index in [2.05, 4.69) is 20.9 Å². The molecule has 0 bridgehead atoms. The lowest BCUT2D eigenvalue weighted by Crippen LogP contribution is -2.54. The first-order chi connectivity index (χ1) is 14.7. The Morgan fingerprint density at radius 3 is 1.74 bits per heavy atom. The molecule has 0 saturated heterocycles.